The molecular weight excluding hydrogens is 268 g/mol. The highest BCUT2D eigenvalue weighted by atomic mass is 35.5. The van der Waals surface area contributed by atoms with Crippen LogP contribution in [0.3, 0.4) is 0 Å². The van der Waals surface area contributed by atoms with Crippen molar-refractivity contribution in [1.82, 2.24) is 4.57 Å². The summed E-state index contributed by atoms with van der Waals surface area (Å²) in [4.78, 5) is 0. The van der Waals surface area contributed by atoms with Crippen molar-refractivity contribution in [2.24, 2.45) is 5.73 Å². The van der Waals surface area contributed by atoms with E-state index in [0.717, 1.165) is 24.4 Å². The maximum absolute atomic E-state index is 6.16. The zero-order valence-electron chi connectivity index (χ0n) is 12.5. The Hall–Kier alpha value is -0.990. The van der Waals surface area contributed by atoms with Crippen molar-refractivity contribution >= 4 is 22.5 Å². The highest BCUT2D eigenvalue weighted by Gasteiger charge is 2.11. The lowest BCUT2D eigenvalue weighted by molar-refractivity contribution is 0.610. The molecule has 2 aromatic rings. The number of nitrogens with two attached hydrogens (primary N) is 1. The van der Waals surface area contributed by atoms with Gasteiger partial charge >= 0.3 is 0 Å². The van der Waals surface area contributed by atoms with E-state index in [0.29, 0.717) is 0 Å². The van der Waals surface area contributed by atoms with Gasteiger partial charge in [-0.25, -0.2) is 0 Å². The zero-order chi connectivity index (χ0) is 14.5. The topological polar surface area (TPSA) is 30.9 Å². The minimum absolute atomic E-state index is 0.236. The standard InChI is InChI=1S/C17H25ClN2/c1-3-5-6-9-20-12-13(10-15(19)4-2)16-8-7-14(18)11-17(16)20/h7-8,11-12,15H,3-6,9-10,19H2,1-2H3. The average molecular weight is 293 g/mol. The molecule has 2 rings (SSSR count). The molecule has 0 fully saturated rings. The number of fused-ring (bicyclic) bond motifs is 1. The summed E-state index contributed by atoms with van der Waals surface area (Å²) in [5.41, 5.74) is 8.71. The van der Waals surface area contributed by atoms with Gasteiger partial charge in [0.1, 0.15) is 0 Å². The Morgan fingerprint density at radius 2 is 2.05 bits per heavy atom. The number of unbranched alkanes of at least 4 members (excludes halogenated alkanes) is 2. The van der Waals surface area contributed by atoms with Crippen LogP contribution in [0.5, 0.6) is 0 Å². The number of aryl methyl sites for hydroxylation is 1. The molecule has 2 N–H and O–H groups in total. The fraction of sp³-hybridized carbons (Fsp3) is 0.529. The molecule has 3 heteroatoms. The SMILES string of the molecule is CCCCCn1cc(CC(N)CC)c2ccc(Cl)cc21. The number of halogens is 1. The van der Waals surface area contributed by atoms with Gasteiger partial charge in [-0.05, 0) is 37.0 Å². The van der Waals surface area contributed by atoms with Crippen LogP contribution in [0.1, 0.15) is 45.1 Å². The summed E-state index contributed by atoms with van der Waals surface area (Å²) < 4.78 is 2.34. The van der Waals surface area contributed by atoms with Crippen LogP contribution >= 0.6 is 11.6 Å². The van der Waals surface area contributed by atoms with Crippen molar-refractivity contribution in [3.63, 3.8) is 0 Å². The van der Waals surface area contributed by atoms with Gasteiger partial charge in [0.2, 0.25) is 0 Å². The van der Waals surface area contributed by atoms with Crippen LogP contribution in [0.2, 0.25) is 5.02 Å². The van der Waals surface area contributed by atoms with E-state index in [4.69, 9.17) is 17.3 Å². The van der Waals surface area contributed by atoms with E-state index >= 15 is 0 Å². The summed E-state index contributed by atoms with van der Waals surface area (Å²) >= 11 is 6.16. The number of hydrogen-bond acceptors (Lipinski definition) is 1. The lowest BCUT2D eigenvalue weighted by Gasteiger charge is -2.06. The lowest BCUT2D eigenvalue weighted by Crippen LogP contribution is -2.21. The Kier molecular flexibility index (Phi) is 5.50. The third kappa shape index (κ3) is 3.56. The third-order valence-corrected chi connectivity index (χ3v) is 4.17. The van der Waals surface area contributed by atoms with Gasteiger partial charge in [-0.15, -0.1) is 0 Å². The van der Waals surface area contributed by atoms with Crippen molar-refractivity contribution in [2.45, 2.75) is 58.5 Å². The van der Waals surface area contributed by atoms with E-state index < -0.39 is 0 Å². The summed E-state index contributed by atoms with van der Waals surface area (Å²) in [7, 11) is 0. The van der Waals surface area contributed by atoms with Crippen LogP contribution < -0.4 is 5.73 Å². The van der Waals surface area contributed by atoms with E-state index in [1.165, 1.54) is 35.7 Å². The molecule has 0 saturated heterocycles. The van der Waals surface area contributed by atoms with Crippen molar-refractivity contribution in [3.05, 3.63) is 35.0 Å². The molecule has 0 spiro atoms. The van der Waals surface area contributed by atoms with Crippen molar-refractivity contribution in [1.29, 1.82) is 0 Å². The minimum atomic E-state index is 0.236. The molecule has 1 aromatic carbocycles. The second-order valence-electron chi connectivity index (χ2n) is 5.59. The maximum Gasteiger partial charge on any atom is 0.0498 e. The van der Waals surface area contributed by atoms with Crippen LogP contribution in [-0.2, 0) is 13.0 Å². The Balaban J connectivity index is 2.33. The average Bonchev–Trinajstić information content (AvgIpc) is 2.76. The Bertz CT molecular complexity index is 559. The van der Waals surface area contributed by atoms with Crippen LogP contribution in [0, 0.1) is 0 Å². The molecule has 1 heterocycles. The first-order valence-electron chi connectivity index (χ1n) is 7.68. The predicted molar refractivity (Wildman–Crippen MR) is 88.4 cm³/mol. The summed E-state index contributed by atoms with van der Waals surface area (Å²) in [6, 6.07) is 6.41. The highest BCUT2D eigenvalue weighted by molar-refractivity contribution is 6.31. The highest BCUT2D eigenvalue weighted by Crippen LogP contribution is 2.26. The van der Waals surface area contributed by atoms with E-state index in [1.54, 1.807) is 0 Å². The van der Waals surface area contributed by atoms with Gasteiger partial charge in [0, 0.05) is 34.7 Å². The Labute approximate surface area is 126 Å². The van der Waals surface area contributed by atoms with Gasteiger partial charge < -0.3 is 10.3 Å². The van der Waals surface area contributed by atoms with E-state index in [-0.39, 0.29) is 6.04 Å². The van der Waals surface area contributed by atoms with Gasteiger partial charge in [-0.1, -0.05) is 44.4 Å². The third-order valence-electron chi connectivity index (χ3n) is 3.94. The first-order valence-corrected chi connectivity index (χ1v) is 8.06. The smallest absolute Gasteiger partial charge is 0.0498 e. The fourth-order valence-electron chi connectivity index (χ4n) is 2.65. The van der Waals surface area contributed by atoms with Crippen LogP contribution in [0.25, 0.3) is 10.9 Å². The molecule has 0 radical (unpaired) electrons. The van der Waals surface area contributed by atoms with E-state index in [1.807, 2.05) is 6.07 Å². The van der Waals surface area contributed by atoms with Crippen LogP contribution in [0.15, 0.2) is 24.4 Å². The largest absolute Gasteiger partial charge is 0.347 e. The maximum atomic E-state index is 6.16. The number of benzene rings is 1. The summed E-state index contributed by atoms with van der Waals surface area (Å²) in [6.45, 7) is 5.43. The summed E-state index contributed by atoms with van der Waals surface area (Å²) in [5.74, 6) is 0. The fourth-order valence-corrected chi connectivity index (χ4v) is 2.81. The number of rotatable bonds is 7. The van der Waals surface area contributed by atoms with E-state index in [2.05, 4.69) is 36.7 Å². The Morgan fingerprint density at radius 3 is 2.75 bits per heavy atom. The van der Waals surface area contributed by atoms with Crippen molar-refractivity contribution < 1.29 is 0 Å². The molecule has 0 amide bonds. The number of aromatic nitrogens is 1. The van der Waals surface area contributed by atoms with Crippen molar-refractivity contribution in [2.75, 3.05) is 0 Å². The molecule has 110 valence electrons. The first kappa shape index (κ1) is 15.4. The summed E-state index contributed by atoms with van der Waals surface area (Å²) in [5, 5.41) is 2.11. The second kappa shape index (κ2) is 7.14. The lowest BCUT2D eigenvalue weighted by atomic mass is 10.0. The van der Waals surface area contributed by atoms with Crippen molar-refractivity contribution in [3.8, 4) is 0 Å². The molecule has 2 nitrogen and oxygen atoms in total. The zero-order valence-corrected chi connectivity index (χ0v) is 13.3. The normalized spacial score (nSPS) is 13.0. The van der Waals surface area contributed by atoms with Gasteiger partial charge in [0.25, 0.3) is 0 Å². The quantitative estimate of drug-likeness (QED) is 0.733. The molecule has 1 atom stereocenters. The van der Waals surface area contributed by atoms with Gasteiger partial charge in [-0.3, -0.25) is 0 Å². The monoisotopic (exact) mass is 292 g/mol. The van der Waals surface area contributed by atoms with Gasteiger partial charge in [-0.2, -0.15) is 0 Å². The summed E-state index contributed by atoms with van der Waals surface area (Å²) in [6.07, 6.45) is 7.95. The van der Waals surface area contributed by atoms with E-state index in [9.17, 15) is 0 Å². The molecule has 0 aliphatic carbocycles. The van der Waals surface area contributed by atoms with Crippen LogP contribution in [-0.4, -0.2) is 10.6 Å². The molecular formula is C17H25ClN2. The molecule has 0 saturated carbocycles. The molecule has 0 aliphatic rings. The van der Waals surface area contributed by atoms with Gasteiger partial charge in [0.15, 0.2) is 0 Å². The Morgan fingerprint density at radius 1 is 1.25 bits per heavy atom. The molecule has 0 aliphatic heterocycles. The molecule has 1 aromatic heterocycles. The molecule has 0 bridgehead atoms. The molecule has 20 heavy (non-hydrogen) atoms. The second-order valence-corrected chi connectivity index (χ2v) is 6.03. The van der Waals surface area contributed by atoms with Gasteiger partial charge in [0.05, 0.1) is 0 Å². The molecule has 1 unspecified atom stereocenters. The number of nitrogens with zero attached hydrogens (tertiary/aromatic N) is 1. The minimum Gasteiger partial charge on any atom is -0.347 e. The number of hydrogen-bond donors (Lipinski definition) is 1. The van der Waals surface area contributed by atoms with Crippen LogP contribution in [0.4, 0.5) is 0 Å². The first-order chi connectivity index (χ1) is 9.65. The predicted octanol–water partition coefficient (Wildman–Crippen LogP) is 4.76.